The van der Waals surface area contributed by atoms with E-state index in [-0.39, 0.29) is 11.4 Å². The number of benzene rings is 2. The third kappa shape index (κ3) is 2.37. The number of azo groups is 1. The summed E-state index contributed by atoms with van der Waals surface area (Å²) in [6.45, 7) is 3.89. The van der Waals surface area contributed by atoms with Gasteiger partial charge in [0.05, 0.1) is 11.1 Å². The van der Waals surface area contributed by atoms with E-state index in [9.17, 15) is 9.90 Å². The summed E-state index contributed by atoms with van der Waals surface area (Å²) in [4.78, 5) is 11.9. The normalized spacial score (nSPS) is 11.4. The Kier molecular flexibility index (Phi) is 3.47. The van der Waals surface area contributed by atoms with E-state index < -0.39 is 5.63 Å². The number of aryl methyl sites for hydroxylation is 1. The van der Waals surface area contributed by atoms with Gasteiger partial charge in [-0.1, -0.05) is 24.3 Å². The summed E-state index contributed by atoms with van der Waals surface area (Å²) in [7, 11) is 0. The maximum atomic E-state index is 11.9. The molecule has 0 aliphatic carbocycles. The third-order valence-electron chi connectivity index (χ3n) is 3.60. The van der Waals surface area contributed by atoms with Crippen LogP contribution in [0.4, 0.5) is 11.4 Å². The molecule has 1 aromatic heterocycles. The van der Waals surface area contributed by atoms with E-state index >= 15 is 0 Å². The van der Waals surface area contributed by atoms with Crippen LogP contribution in [0.3, 0.4) is 0 Å². The van der Waals surface area contributed by atoms with Crippen LogP contribution in [0.2, 0.25) is 0 Å². The molecule has 0 saturated carbocycles. The summed E-state index contributed by atoms with van der Waals surface area (Å²) >= 11 is 0. The van der Waals surface area contributed by atoms with Crippen molar-refractivity contribution in [1.82, 2.24) is 0 Å². The third-order valence-corrected chi connectivity index (χ3v) is 3.60. The van der Waals surface area contributed by atoms with Crippen LogP contribution in [-0.4, -0.2) is 5.11 Å². The van der Waals surface area contributed by atoms with Crippen LogP contribution in [0.5, 0.6) is 5.75 Å². The molecule has 110 valence electrons. The fourth-order valence-electron chi connectivity index (χ4n) is 2.16. The number of para-hydroxylation sites is 1. The molecule has 0 saturated heterocycles. The minimum Gasteiger partial charge on any atom is -0.505 e. The van der Waals surface area contributed by atoms with E-state index in [1.54, 1.807) is 30.3 Å². The Labute approximate surface area is 126 Å². The van der Waals surface area contributed by atoms with Crippen molar-refractivity contribution in [3.05, 3.63) is 64.0 Å². The lowest BCUT2D eigenvalue weighted by atomic mass is 10.1. The number of rotatable bonds is 2. The van der Waals surface area contributed by atoms with Crippen LogP contribution in [0.15, 0.2) is 61.9 Å². The second-order valence-corrected chi connectivity index (χ2v) is 5.00. The SMILES string of the molecule is Cc1cccc(N=Nc2c(O)c3ccccc3oc2=O)c1C. The fraction of sp³-hybridized carbons (Fsp3) is 0.118. The van der Waals surface area contributed by atoms with Gasteiger partial charge in [-0.25, -0.2) is 4.79 Å². The van der Waals surface area contributed by atoms with Crippen LogP contribution >= 0.6 is 0 Å². The molecule has 0 amide bonds. The number of nitrogens with zero attached hydrogens (tertiary/aromatic N) is 2. The van der Waals surface area contributed by atoms with Gasteiger partial charge in [-0.3, -0.25) is 0 Å². The molecule has 0 fully saturated rings. The molecular weight excluding hydrogens is 280 g/mol. The summed E-state index contributed by atoms with van der Waals surface area (Å²) in [5.74, 6) is -0.221. The standard InChI is InChI=1S/C17H14N2O3/c1-10-6-5-8-13(11(10)2)18-19-15-16(20)12-7-3-4-9-14(12)22-17(15)21/h3-9,20H,1-2H3. The van der Waals surface area contributed by atoms with Gasteiger partial charge in [0.15, 0.2) is 5.75 Å². The van der Waals surface area contributed by atoms with Crippen LogP contribution < -0.4 is 5.63 Å². The summed E-state index contributed by atoms with van der Waals surface area (Å²) < 4.78 is 5.15. The number of fused-ring (bicyclic) bond motifs is 1. The number of hydrogen-bond acceptors (Lipinski definition) is 5. The first-order valence-electron chi connectivity index (χ1n) is 6.80. The fourth-order valence-corrected chi connectivity index (χ4v) is 2.16. The molecule has 2 aromatic carbocycles. The predicted octanol–water partition coefficient (Wildman–Crippen LogP) is 4.53. The van der Waals surface area contributed by atoms with E-state index in [4.69, 9.17) is 4.42 Å². The minimum absolute atomic E-state index is 0.195. The van der Waals surface area contributed by atoms with E-state index in [0.717, 1.165) is 11.1 Å². The smallest absolute Gasteiger partial charge is 0.368 e. The monoisotopic (exact) mass is 294 g/mol. The van der Waals surface area contributed by atoms with Crippen molar-refractivity contribution < 1.29 is 9.52 Å². The van der Waals surface area contributed by atoms with Crippen molar-refractivity contribution in [3.8, 4) is 5.75 Å². The first-order valence-corrected chi connectivity index (χ1v) is 6.80. The lowest BCUT2D eigenvalue weighted by Crippen LogP contribution is -1.98. The Bertz CT molecular complexity index is 942. The molecule has 22 heavy (non-hydrogen) atoms. The highest BCUT2D eigenvalue weighted by molar-refractivity contribution is 5.87. The van der Waals surface area contributed by atoms with Crippen molar-refractivity contribution in [2.75, 3.05) is 0 Å². The van der Waals surface area contributed by atoms with Crippen molar-refractivity contribution in [3.63, 3.8) is 0 Å². The molecule has 3 rings (SSSR count). The predicted molar refractivity (Wildman–Crippen MR) is 84.2 cm³/mol. The number of aromatic hydroxyl groups is 1. The maximum Gasteiger partial charge on any atom is 0.368 e. The van der Waals surface area contributed by atoms with Crippen LogP contribution in [0.1, 0.15) is 11.1 Å². The average Bonchev–Trinajstić information content (AvgIpc) is 2.51. The van der Waals surface area contributed by atoms with Gasteiger partial charge < -0.3 is 9.52 Å². The highest BCUT2D eigenvalue weighted by Gasteiger charge is 2.13. The lowest BCUT2D eigenvalue weighted by molar-refractivity contribution is 0.469. The van der Waals surface area contributed by atoms with Crippen molar-refractivity contribution in [1.29, 1.82) is 0 Å². The maximum absolute atomic E-state index is 11.9. The molecule has 1 heterocycles. The summed E-state index contributed by atoms with van der Waals surface area (Å²) in [5.41, 5.74) is 2.09. The molecule has 1 N–H and O–H groups in total. The molecule has 3 aromatic rings. The zero-order valence-electron chi connectivity index (χ0n) is 12.2. The first-order chi connectivity index (χ1) is 10.6. The quantitative estimate of drug-likeness (QED) is 0.557. The highest BCUT2D eigenvalue weighted by atomic mass is 16.4. The lowest BCUT2D eigenvalue weighted by Gasteiger charge is -2.03. The van der Waals surface area contributed by atoms with Gasteiger partial charge in [0.2, 0.25) is 5.69 Å². The first kappa shape index (κ1) is 14.0. The van der Waals surface area contributed by atoms with Crippen LogP contribution in [0, 0.1) is 13.8 Å². The van der Waals surface area contributed by atoms with Crippen molar-refractivity contribution >= 4 is 22.3 Å². The molecule has 5 heteroatoms. The minimum atomic E-state index is -0.717. The van der Waals surface area contributed by atoms with E-state index in [1.807, 2.05) is 26.0 Å². The summed E-state index contributed by atoms with van der Waals surface area (Å²) in [5, 5.41) is 18.6. The van der Waals surface area contributed by atoms with Gasteiger partial charge in [-0.15, -0.1) is 10.2 Å². The molecule has 0 atom stereocenters. The van der Waals surface area contributed by atoms with E-state index in [2.05, 4.69) is 10.2 Å². The van der Waals surface area contributed by atoms with Crippen LogP contribution in [-0.2, 0) is 0 Å². The summed E-state index contributed by atoms with van der Waals surface area (Å²) in [6, 6.07) is 12.4. The van der Waals surface area contributed by atoms with Gasteiger partial charge >= 0.3 is 5.63 Å². The Morgan fingerprint density at radius 3 is 2.59 bits per heavy atom. The Morgan fingerprint density at radius 2 is 1.77 bits per heavy atom. The highest BCUT2D eigenvalue weighted by Crippen LogP contribution is 2.32. The van der Waals surface area contributed by atoms with Gasteiger partial charge in [-0.05, 0) is 43.2 Å². The van der Waals surface area contributed by atoms with Gasteiger partial charge in [0.25, 0.3) is 0 Å². The largest absolute Gasteiger partial charge is 0.505 e. The summed E-state index contributed by atoms with van der Waals surface area (Å²) in [6.07, 6.45) is 0. The van der Waals surface area contributed by atoms with Crippen molar-refractivity contribution in [2.24, 2.45) is 10.2 Å². The van der Waals surface area contributed by atoms with E-state index in [0.29, 0.717) is 16.7 Å². The van der Waals surface area contributed by atoms with Gasteiger partial charge in [0, 0.05) is 0 Å². The molecule has 0 bridgehead atoms. The van der Waals surface area contributed by atoms with Crippen LogP contribution in [0.25, 0.3) is 11.0 Å². The van der Waals surface area contributed by atoms with Gasteiger partial charge in [-0.2, -0.15) is 0 Å². The molecule has 0 spiro atoms. The Morgan fingerprint density at radius 1 is 1.00 bits per heavy atom. The molecular formula is C17H14N2O3. The van der Waals surface area contributed by atoms with Crippen molar-refractivity contribution in [2.45, 2.75) is 13.8 Å². The number of hydrogen-bond donors (Lipinski definition) is 1. The second-order valence-electron chi connectivity index (χ2n) is 5.00. The molecule has 0 aliphatic rings. The molecule has 0 aliphatic heterocycles. The van der Waals surface area contributed by atoms with E-state index in [1.165, 1.54) is 0 Å². The molecule has 5 nitrogen and oxygen atoms in total. The average molecular weight is 294 g/mol. The Balaban J connectivity index is 2.13. The zero-order valence-corrected chi connectivity index (χ0v) is 12.2. The second kappa shape index (κ2) is 5.44. The van der Waals surface area contributed by atoms with Gasteiger partial charge in [0.1, 0.15) is 5.58 Å². The zero-order chi connectivity index (χ0) is 15.7. The topological polar surface area (TPSA) is 75.2 Å². The Hall–Kier alpha value is -2.95. The molecule has 0 radical (unpaired) electrons. The molecule has 0 unspecified atom stereocenters.